The van der Waals surface area contributed by atoms with Crippen molar-refractivity contribution in [2.24, 2.45) is 0 Å². The normalized spacial score (nSPS) is 11.9. The van der Waals surface area contributed by atoms with Gasteiger partial charge in [-0.3, -0.25) is 9.89 Å². The molecule has 1 aromatic rings. The van der Waals surface area contributed by atoms with Crippen molar-refractivity contribution in [2.75, 3.05) is 6.54 Å². The summed E-state index contributed by atoms with van der Waals surface area (Å²) in [6.07, 6.45) is 4.09. The van der Waals surface area contributed by atoms with Gasteiger partial charge in [-0.1, -0.05) is 40.0 Å². The zero-order chi connectivity index (χ0) is 16.0. The van der Waals surface area contributed by atoms with Gasteiger partial charge < -0.3 is 5.32 Å². The highest BCUT2D eigenvalue weighted by atomic mass is 35.7. The average molecular weight is 336 g/mol. The number of halogens is 1. The highest BCUT2D eigenvalue weighted by Gasteiger charge is 2.29. The number of carbonyl (C=O) groups excluding carboxylic acids is 1. The van der Waals surface area contributed by atoms with Gasteiger partial charge in [0.2, 0.25) is 0 Å². The monoisotopic (exact) mass is 335 g/mol. The Kier molecular flexibility index (Phi) is 6.67. The van der Waals surface area contributed by atoms with Crippen LogP contribution in [0.2, 0.25) is 0 Å². The summed E-state index contributed by atoms with van der Waals surface area (Å²) in [5, 5.41) is 9.09. The fourth-order valence-electron chi connectivity index (χ4n) is 1.97. The third-order valence-electron chi connectivity index (χ3n) is 3.10. The number of rotatable bonds is 8. The van der Waals surface area contributed by atoms with Crippen molar-refractivity contribution < 1.29 is 13.2 Å². The number of aromatic nitrogens is 2. The van der Waals surface area contributed by atoms with E-state index in [1.807, 2.05) is 0 Å². The second-order valence-electron chi connectivity index (χ2n) is 5.22. The van der Waals surface area contributed by atoms with Crippen LogP contribution in [0.15, 0.2) is 4.90 Å². The van der Waals surface area contributed by atoms with Crippen LogP contribution >= 0.6 is 10.7 Å². The zero-order valence-electron chi connectivity index (χ0n) is 12.6. The van der Waals surface area contributed by atoms with E-state index in [2.05, 4.69) is 22.4 Å². The first-order valence-corrected chi connectivity index (χ1v) is 9.41. The van der Waals surface area contributed by atoms with Gasteiger partial charge in [0, 0.05) is 17.2 Å². The van der Waals surface area contributed by atoms with Crippen LogP contribution < -0.4 is 5.32 Å². The number of amides is 1. The van der Waals surface area contributed by atoms with Gasteiger partial charge in [-0.2, -0.15) is 5.10 Å². The van der Waals surface area contributed by atoms with Gasteiger partial charge >= 0.3 is 0 Å². The number of nitrogens with zero attached hydrogens (tertiary/aromatic N) is 1. The molecule has 120 valence electrons. The van der Waals surface area contributed by atoms with E-state index in [-0.39, 0.29) is 16.5 Å². The van der Waals surface area contributed by atoms with Gasteiger partial charge in [-0.05, 0) is 12.3 Å². The first-order valence-electron chi connectivity index (χ1n) is 7.10. The Morgan fingerprint density at radius 2 is 2.00 bits per heavy atom. The van der Waals surface area contributed by atoms with Crippen molar-refractivity contribution in [3.05, 3.63) is 11.4 Å². The van der Waals surface area contributed by atoms with Crippen molar-refractivity contribution in [2.45, 2.75) is 57.3 Å². The second-order valence-corrected chi connectivity index (χ2v) is 7.73. The molecular formula is C13H22ClN3O3S. The van der Waals surface area contributed by atoms with Gasteiger partial charge in [0.15, 0.2) is 5.69 Å². The van der Waals surface area contributed by atoms with E-state index in [1.54, 1.807) is 13.8 Å². The van der Waals surface area contributed by atoms with Gasteiger partial charge in [0.1, 0.15) is 4.90 Å². The summed E-state index contributed by atoms with van der Waals surface area (Å²) in [6.45, 7) is 6.19. The maximum Gasteiger partial charge on any atom is 0.273 e. The molecule has 0 atom stereocenters. The Hall–Kier alpha value is -1.08. The van der Waals surface area contributed by atoms with Crippen LogP contribution in [-0.2, 0) is 9.05 Å². The van der Waals surface area contributed by atoms with E-state index in [4.69, 9.17) is 10.7 Å². The molecule has 0 saturated heterocycles. The van der Waals surface area contributed by atoms with E-state index in [0.717, 1.165) is 25.7 Å². The van der Waals surface area contributed by atoms with E-state index in [0.29, 0.717) is 12.2 Å². The molecule has 0 radical (unpaired) electrons. The van der Waals surface area contributed by atoms with Crippen molar-refractivity contribution in [1.29, 1.82) is 0 Å². The summed E-state index contributed by atoms with van der Waals surface area (Å²) in [5.74, 6) is -0.652. The molecule has 0 aliphatic rings. The maximum absolute atomic E-state index is 12.1. The first-order chi connectivity index (χ1) is 9.79. The fraction of sp³-hybridized carbons (Fsp3) is 0.692. The molecule has 2 N–H and O–H groups in total. The maximum atomic E-state index is 12.1. The Balaban J connectivity index is 2.85. The molecule has 21 heavy (non-hydrogen) atoms. The highest BCUT2D eigenvalue weighted by Crippen LogP contribution is 2.27. The summed E-state index contributed by atoms with van der Waals surface area (Å²) in [7, 11) is 1.40. The minimum absolute atomic E-state index is 0.132. The molecule has 6 nitrogen and oxygen atoms in total. The standard InChI is InChI=1S/C13H22ClN3O3S/c1-4-5-6-7-8-15-13(18)11-12(21(14,19)20)10(9(2)3)16-17-11/h9H,4-8H2,1-3H3,(H,15,18)(H,16,17). The van der Waals surface area contributed by atoms with Crippen molar-refractivity contribution in [1.82, 2.24) is 15.5 Å². The molecule has 0 spiro atoms. The smallest absolute Gasteiger partial charge is 0.273 e. The summed E-state index contributed by atoms with van der Waals surface area (Å²) in [6, 6.07) is 0. The molecule has 0 aromatic carbocycles. The topological polar surface area (TPSA) is 91.9 Å². The van der Waals surface area contributed by atoms with Gasteiger partial charge in [-0.15, -0.1) is 0 Å². The lowest BCUT2D eigenvalue weighted by atomic mass is 10.1. The molecule has 0 aliphatic heterocycles. The van der Waals surface area contributed by atoms with Crippen LogP contribution in [-0.4, -0.2) is 31.1 Å². The number of H-pyrrole nitrogens is 1. The number of carbonyl (C=O) groups is 1. The number of unbranched alkanes of at least 4 members (excludes halogenated alkanes) is 3. The quantitative estimate of drug-likeness (QED) is 0.564. The van der Waals surface area contributed by atoms with E-state index in [9.17, 15) is 13.2 Å². The molecule has 0 fully saturated rings. The van der Waals surface area contributed by atoms with Crippen LogP contribution in [0.3, 0.4) is 0 Å². The lowest BCUT2D eigenvalue weighted by Crippen LogP contribution is -2.26. The third kappa shape index (κ3) is 5.00. The largest absolute Gasteiger partial charge is 0.351 e. The Labute approximate surface area is 130 Å². The predicted octanol–water partition coefficient (Wildman–Crippen LogP) is 2.77. The Morgan fingerprint density at radius 1 is 1.33 bits per heavy atom. The summed E-state index contributed by atoms with van der Waals surface area (Å²) >= 11 is 0. The molecule has 1 rings (SSSR count). The Morgan fingerprint density at radius 3 is 2.52 bits per heavy atom. The number of hydrogen-bond donors (Lipinski definition) is 2. The highest BCUT2D eigenvalue weighted by molar-refractivity contribution is 8.13. The van der Waals surface area contributed by atoms with E-state index >= 15 is 0 Å². The number of nitrogens with one attached hydrogen (secondary N) is 2. The van der Waals surface area contributed by atoms with Crippen LogP contribution in [0.1, 0.15) is 68.6 Å². The molecule has 0 aliphatic carbocycles. The van der Waals surface area contributed by atoms with Crippen LogP contribution in [0.5, 0.6) is 0 Å². The molecule has 1 amide bonds. The molecular weight excluding hydrogens is 314 g/mol. The minimum Gasteiger partial charge on any atom is -0.351 e. The van der Waals surface area contributed by atoms with Crippen molar-refractivity contribution in [3.63, 3.8) is 0 Å². The molecule has 1 aromatic heterocycles. The second kappa shape index (κ2) is 7.79. The molecule has 8 heteroatoms. The molecule has 0 saturated carbocycles. The lowest BCUT2D eigenvalue weighted by Gasteiger charge is -2.06. The van der Waals surface area contributed by atoms with Crippen molar-refractivity contribution >= 4 is 25.6 Å². The molecule has 0 bridgehead atoms. The zero-order valence-corrected chi connectivity index (χ0v) is 14.1. The summed E-state index contributed by atoms with van der Waals surface area (Å²) < 4.78 is 23.4. The molecule has 0 unspecified atom stereocenters. The van der Waals surface area contributed by atoms with Crippen LogP contribution in [0, 0.1) is 0 Å². The van der Waals surface area contributed by atoms with Crippen molar-refractivity contribution in [3.8, 4) is 0 Å². The van der Waals surface area contributed by atoms with Gasteiger partial charge in [-0.25, -0.2) is 8.42 Å². The number of aromatic amines is 1. The fourth-order valence-corrected chi connectivity index (χ4v) is 3.36. The predicted molar refractivity (Wildman–Crippen MR) is 82.2 cm³/mol. The summed E-state index contributed by atoms with van der Waals surface area (Å²) in [5.41, 5.74) is 0.185. The SMILES string of the molecule is CCCCCCNC(=O)c1n[nH]c(C(C)C)c1S(=O)(=O)Cl. The van der Waals surface area contributed by atoms with Gasteiger partial charge in [0.05, 0.1) is 5.69 Å². The molecule has 1 heterocycles. The third-order valence-corrected chi connectivity index (χ3v) is 4.46. The number of hydrogen-bond acceptors (Lipinski definition) is 4. The minimum atomic E-state index is -4.03. The summed E-state index contributed by atoms with van der Waals surface area (Å²) in [4.78, 5) is 11.8. The van der Waals surface area contributed by atoms with Crippen LogP contribution in [0.4, 0.5) is 0 Å². The van der Waals surface area contributed by atoms with Crippen LogP contribution in [0.25, 0.3) is 0 Å². The van der Waals surface area contributed by atoms with Gasteiger partial charge in [0.25, 0.3) is 15.0 Å². The van der Waals surface area contributed by atoms with E-state index in [1.165, 1.54) is 0 Å². The lowest BCUT2D eigenvalue weighted by molar-refractivity contribution is 0.0944. The van der Waals surface area contributed by atoms with E-state index < -0.39 is 15.0 Å². The first kappa shape index (κ1) is 18.0. The Bertz CT molecular complexity index is 581. The average Bonchev–Trinajstić information content (AvgIpc) is 2.83.